The number of benzene rings is 2. The highest BCUT2D eigenvalue weighted by Crippen LogP contribution is 2.29. The molecule has 2 aromatic carbocycles. The fraction of sp³-hybridized carbons (Fsp3) is 0.118. The van der Waals surface area contributed by atoms with Crippen LogP contribution in [0.5, 0.6) is 0 Å². The molecule has 0 N–H and O–H groups in total. The topological polar surface area (TPSA) is 46.1 Å². The van der Waals surface area contributed by atoms with Crippen molar-refractivity contribution in [3.05, 3.63) is 64.1 Å². The molecule has 0 radical (unpaired) electrons. The lowest BCUT2D eigenvalue weighted by Crippen LogP contribution is -2.26. The van der Waals surface area contributed by atoms with Crippen molar-refractivity contribution in [1.29, 1.82) is 0 Å². The minimum Gasteiger partial charge on any atom is -0.286 e. The van der Waals surface area contributed by atoms with Gasteiger partial charge in [0.1, 0.15) is 5.01 Å². The van der Waals surface area contributed by atoms with Crippen LogP contribution < -0.4 is 4.90 Å². The Bertz CT molecular complexity index is 845. The van der Waals surface area contributed by atoms with Crippen molar-refractivity contribution in [3.8, 4) is 10.6 Å². The number of aromatic nitrogens is 2. The van der Waals surface area contributed by atoms with Crippen LogP contribution in [-0.4, -0.2) is 23.2 Å². The van der Waals surface area contributed by atoms with Gasteiger partial charge in [0.25, 0.3) is 5.91 Å². The summed E-state index contributed by atoms with van der Waals surface area (Å²) in [5, 5.41) is 9.72. The Kier molecular flexibility index (Phi) is 4.54. The summed E-state index contributed by atoms with van der Waals surface area (Å²) < 4.78 is 1.01. The van der Waals surface area contributed by atoms with Gasteiger partial charge >= 0.3 is 0 Å². The Morgan fingerprint density at radius 1 is 1.09 bits per heavy atom. The van der Waals surface area contributed by atoms with Crippen LogP contribution in [-0.2, 0) is 0 Å². The first-order valence-corrected chi connectivity index (χ1v) is 8.60. The summed E-state index contributed by atoms with van der Waals surface area (Å²) in [6, 6.07) is 15.4. The Labute approximate surface area is 146 Å². The molecular formula is C17H14BrN3OS. The van der Waals surface area contributed by atoms with E-state index < -0.39 is 0 Å². The summed E-state index contributed by atoms with van der Waals surface area (Å²) in [6.45, 7) is 1.93. The molecule has 1 aromatic heterocycles. The molecule has 1 amide bonds. The van der Waals surface area contributed by atoms with Gasteiger partial charge in [0.2, 0.25) is 5.13 Å². The van der Waals surface area contributed by atoms with E-state index >= 15 is 0 Å². The van der Waals surface area contributed by atoms with Gasteiger partial charge in [0.15, 0.2) is 0 Å². The predicted octanol–water partition coefficient (Wildman–Crippen LogP) is 4.55. The fourth-order valence-electron chi connectivity index (χ4n) is 2.14. The van der Waals surface area contributed by atoms with Gasteiger partial charge in [-0.1, -0.05) is 57.6 Å². The number of carbonyl (C=O) groups is 1. The maximum Gasteiger partial charge on any atom is 0.260 e. The molecule has 0 atom stereocenters. The fourth-order valence-corrected chi connectivity index (χ4v) is 3.21. The van der Waals surface area contributed by atoms with E-state index in [4.69, 9.17) is 0 Å². The average molecular weight is 388 g/mol. The average Bonchev–Trinajstić information content (AvgIpc) is 3.04. The molecule has 0 saturated heterocycles. The molecule has 1 heterocycles. The summed E-state index contributed by atoms with van der Waals surface area (Å²) in [6.07, 6.45) is 0. The number of carbonyl (C=O) groups excluding carboxylic acids is 1. The maximum absolute atomic E-state index is 12.6. The molecule has 0 bridgehead atoms. The van der Waals surface area contributed by atoms with Crippen molar-refractivity contribution in [2.45, 2.75) is 6.92 Å². The van der Waals surface area contributed by atoms with Crippen LogP contribution in [0.1, 0.15) is 15.9 Å². The van der Waals surface area contributed by atoms with Crippen LogP contribution in [0.4, 0.5) is 5.13 Å². The van der Waals surface area contributed by atoms with Crippen molar-refractivity contribution < 1.29 is 4.79 Å². The Hall–Kier alpha value is -2.05. The number of anilines is 1. The summed E-state index contributed by atoms with van der Waals surface area (Å²) in [5.74, 6) is -0.0818. The normalized spacial score (nSPS) is 10.6. The molecule has 6 heteroatoms. The number of rotatable bonds is 3. The molecule has 0 spiro atoms. The van der Waals surface area contributed by atoms with Crippen LogP contribution in [0.25, 0.3) is 10.6 Å². The van der Waals surface area contributed by atoms with Crippen molar-refractivity contribution in [3.63, 3.8) is 0 Å². The summed E-state index contributed by atoms with van der Waals surface area (Å²) >= 11 is 4.81. The van der Waals surface area contributed by atoms with E-state index in [9.17, 15) is 4.79 Å². The molecule has 0 aliphatic carbocycles. The van der Waals surface area contributed by atoms with Gasteiger partial charge in [-0.25, -0.2) is 0 Å². The quantitative estimate of drug-likeness (QED) is 0.661. The zero-order chi connectivity index (χ0) is 16.4. The second kappa shape index (κ2) is 6.60. The van der Waals surface area contributed by atoms with Crippen LogP contribution in [0.3, 0.4) is 0 Å². The SMILES string of the molecule is Cc1ccccc1C(=O)N(C)c1nnc(-c2ccc(Br)cc2)s1. The minimum atomic E-state index is -0.0818. The second-order valence-corrected chi connectivity index (χ2v) is 6.95. The molecule has 3 rings (SSSR count). The van der Waals surface area contributed by atoms with Gasteiger partial charge < -0.3 is 0 Å². The van der Waals surface area contributed by atoms with E-state index in [1.54, 1.807) is 11.9 Å². The molecular weight excluding hydrogens is 374 g/mol. The highest BCUT2D eigenvalue weighted by molar-refractivity contribution is 9.10. The van der Waals surface area contributed by atoms with Crippen LogP contribution >= 0.6 is 27.3 Å². The lowest BCUT2D eigenvalue weighted by molar-refractivity contribution is 0.0992. The number of amides is 1. The van der Waals surface area contributed by atoms with Crippen molar-refractivity contribution >= 4 is 38.3 Å². The van der Waals surface area contributed by atoms with E-state index in [0.717, 1.165) is 20.6 Å². The molecule has 4 nitrogen and oxygen atoms in total. The molecule has 23 heavy (non-hydrogen) atoms. The highest BCUT2D eigenvalue weighted by atomic mass is 79.9. The molecule has 0 unspecified atom stereocenters. The third kappa shape index (κ3) is 3.33. The molecule has 0 fully saturated rings. The van der Waals surface area contributed by atoms with Crippen LogP contribution in [0.2, 0.25) is 0 Å². The number of nitrogens with zero attached hydrogens (tertiary/aromatic N) is 3. The molecule has 116 valence electrons. The van der Waals surface area contributed by atoms with Crippen molar-refractivity contribution in [2.75, 3.05) is 11.9 Å². The van der Waals surface area contributed by atoms with E-state index in [-0.39, 0.29) is 5.91 Å². The molecule has 0 aliphatic rings. The van der Waals surface area contributed by atoms with Gasteiger partial charge in [-0.3, -0.25) is 9.69 Å². The minimum absolute atomic E-state index is 0.0818. The molecule has 0 aliphatic heterocycles. The Balaban J connectivity index is 1.86. The first-order chi connectivity index (χ1) is 11.1. The van der Waals surface area contributed by atoms with E-state index in [1.807, 2.05) is 55.5 Å². The van der Waals surface area contributed by atoms with Crippen molar-refractivity contribution in [2.24, 2.45) is 0 Å². The standard InChI is InChI=1S/C17H14BrN3OS/c1-11-5-3-4-6-14(11)16(22)21(2)17-20-19-15(23-17)12-7-9-13(18)10-8-12/h3-10H,1-2H3. The summed E-state index contributed by atoms with van der Waals surface area (Å²) in [5.41, 5.74) is 2.60. The van der Waals surface area contributed by atoms with Gasteiger partial charge in [-0.2, -0.15) is 0 Å². The van der Waals surface area contributed by atoms with E-state index in [2.05, 4.69) is 26.1 Å². The zero-order valence-electron chi connectivity index (χ0n) is 12.7. The van der Waals surface area contributed by atoms with Gasteiger partial charge in [0, 0.05) is 22.6 Å². The van der Waals surface area contributed by atoms with Crippen molar-refractivity contribution in [1.82, 2.24) is 10.2 Å². The molecule has 3 aromatic rings. The van der Waals surface area contributed by atoms with Crippen LogP contribution in [0, 0.1) is 6.92 Å². The Morgan fingerprint density at radius 2 is 1.78 bits per heavy atom. The lowest BCUT2D eigenvalue weighted by Gasteiger charge is -2.14. The number of halogens is 1. The lowest BCUT2D eigenvalue weighted by atomic mass is 10.1. The van der Waals surface area contributed by atoms with Gasteiger partial charge in [-0.15, -0.1) is 10.2 Å². The third-order valence-corrected chi connectivity index (χ3v) is 5.05. The third-order valence-electron chi connectivity index (χ3n) is 3.47. The maximum atomic E-state index is 12.6. The summed E-state index contributed by atoms with van der Waals surface area (Å²) in [7, 11) is 1.72. The number of hydrogen-bond donors (Lipinski definition) is 0. The van der Waals surface area contributed by atoms with Gasteiger partial charge in [-0.05, 0) is 30.7 Å². The number of hydrogen-bond acceptors (Lipinski definition) is 4. The second-order valence-electron chi connectivity index (χ2n) is 5.08. The van der Waals surface area contributed by atoms with Gasteiger partial charge in [0.05, 0.1) is 0 Å². The number of aryl methyl sites for hydroxylation is 1. The summed E-state index contributed by atoms with van der Waals surface area (Å²) in [4.78, 5) is 14.2. The predicted molar refractivity (Wildman–Crippen MR) is 97.0 cm³/mol. The molecule has 0 saturated carbocycles. The monoisotopic (exact) mass is 387 g/mol. The largest absolute Gasteiger partial charge is 0.286 e. The Morgan fingerprint density at radius 3 is 2.48 bits per heavy atom. The first-order valence-electron chi connectivity index (χ1n) is 6.99. The smallest absolute Gasteiger partial charge is 0.260 e. The first kappa shape index (κ1) is 15.8. The van der Waals surface area contributed by atoms with Crippen LogP contribution in [0.15, 0.2) is 53.0 Å². The zero-order valence-corrected chi connectivity index (χ0v) is 15.1. The van der Waals surface area contributed by atoms with E-state index in [0.29, 0.717) is 10.7 Å². The van der Waals surface area contributed by atoms with E-state index in [1.165, 1.54) is 11.3 Å². The highest BCUT2D eigenvalue weighted by Gasteiger charge is 2.19.